The molecule has 0 heterocycles. The van der Waals surface area contributed by atoms with Crippen molar-refractivity contribution in [2.75, 3.05) is 18.4 Å². The quantitative estimate of drug-likeness (QED) is 0.506. The fourth-order valence-electron chi connectivity index (χ4n) is 1.44. The second-order valence-corrected chi connectivity index (χ2v) is 6.36. The van der Waals surface area contributed by atoms with Gasteiger partial charge in [0.2, 0.25) is 0 Å². The molecule has 0 radical (unpaired) electrons. The summed E-state index contributed by atoms with van der Waals surface area (Å²) in [4.78, 5) is 6.22. The summed E-state index contributed by atoms with van der Waals surface area (Å²) in [6.45, 7) is 11.0. The van der Waals surface area contributed by atoms with Crippen LogP contribution in [0.4, 0.5) is 5.69 Å². The topological polar surface area (TPSA) is 62.4 Å². The highest BCUT2D eigenvalue weighted by atomic mass is 32.2. The van der Waals surface area contributed by atoms with E-state index >= 15 is 0 Å². The van der Waals surface area contributed by atoms with Crippen LogP contribution in [0.3, 0.4) is 0 Å². The summed E-state index contributed by atoms with van der Waals surface area (Å²) >= 11 is 3.15. The zero-order chi connectivity index (χ0) is 15.0. The molecule has 4 N–H and O–H groups in total. The Hall–Kier alpha value is -0.950. The van der Waals surface area contributed by atoms with E-state index in [1.165, 1.54) is 10.5 Å². The summed E-state index contributed by atoms with van der Waals surface area (Å²) in [5.41, 5.74) is 8.81. The van der Waals surface area contributed by atoms with Crippen LogP contribution in [0.15, 0.2) is 38.7 Å². The number of anilines is 1. The van der Waals surface area contributed by atoms with Gasteiger partial charge in [0.1, 0.15) is 0 Å². The van der Waals surface area contributed by atoms with Crippen molar-refractivity contribution in [3.8, 4) is 0 Å². The maximum atomic E-state index is 5.52. The van der Waals surface area contributed by atoms with Gasteiger partial charge in [0.25, 0.3) is 0 Å². The van der Waals surface area contributed by atoms with Gasteiger partial charge in [-0.2, -0.15) is 4.13 Å². The van der Waals surface area contributed by atoms with E-state index in [2.05, 4.69) is 40.2 Å². The first-order valence-corrected chi connectivity index (χ1v) is 8.00. The molecular formula is C14H22N4S2. The summed E-state index contributed by atoms with van der Waals surface area (Å²) in [6, 6.07) is 6.21. The molecule has 0 spiro atoms. The van der Waals surface area contributed by atoms with Crippen LogP contribution in [0.2, 0.25) is 0 Å². The average molecular weight is 310 g/mol. The van der Waals surface area contributed by atoms with E-state index in [0.717, 1.165) is 22.8 Å². The zero-order valence-electron chi connectivity index (χ0n) is 12.2. The molecule has 0 fully saturated rings. The van der Waals surface area contributed by atoms with Gasteiger partial charge in [-0.1, -0.05) is 6.07 Å². The number of hydrogen-bond acceptors (Lipinski definition) is 6. The highest BCUT2D eigenvalue weighted by Gasteiger charge is 2.04. The van der Waals surface area contributed by atoms with Crippen molar-refractivity contribution < 1.29 is 0 Å². The fraction of sp³-hybridized carbons (Fsp3) is 0.357. The van der Waals surface area contributed by atoms with Crippen LogP contribution in [0.5, 0.6) is 0 Å². The number of rotatable bonds is 8. The molecule has 1 aromatic carbocycles. The summed E-state index contributed by atoms with van der Waals surface area (Å²) in [5.74, 6) is 0. The average Bonchev–Trinajstić information content (AvgIpc) is 2.46. The molecule has 110 valence electrons. The third kappa shape index (κ3) is 5.20. The Morgan fingerprint density at radius 3 is 2.80 bits per heavy atom. The molecule has 1 aromatic rings. The zero-order valence-corrected chi connectivity index (χ0v) is 13.8. The van der Waals surface area contributed by atoms with Gasteiger partial charge in [-0.15, -0.1) is 0 Å². The van der Waals surface area contributed by atoms with Crippen LogP contribution in [0.25, 0.3) is 0 Å². The predicted molar refractivity (Wildman–Crippen MR) is 93.2 cm³/mol. The highest BCUT2D eigenvalue weighted by Crippen LogP contribution is 2.29. The Balaban J connectivity index is 2.62. The summed E-state index contributed by atoms with van der Waals surface area (Å²) < 4.78 is 3.28. The van der Waals surface area contributed by atoms with Crippen molar-refractivity contribution >= 4 is 36.3 Å². The number of aliphatic imine (C=N–C) groups is 1. The number of nitrogens with one attached hydrogen (secondary N) is 2. The monoisotopic (exact) mass is 310 g/mol. The molecular weight excluding hydrogens is 288 g/mol. The molecule has 0 aliphatic carbocycles. The third-order valence-electron chi connectivity index (χ3n) is 2.84. The maximum Gasteiger partial charge on any atom is 0.0470 e. The third-order valence-corrected chi connectivity index (χ3v) is 4.77. The molecule has 0 amide bonds. The Morgan fingerprint density at radius 1 is 1.40 bits per heavy atom. The van der Waals surface area contributed by atoms with Gasteiger partial charge < -0.3 is 11.1 Å². The summed E-state index contributed by atoms with van der Waals surface area (Å²) in [5, 5.41) is 3.32. The van der Waals surface area contributed by atoms with Gasteiger partial charge in [0.15, 0.2) is 0 Å². The second-order valence-electron chi connectivity index (χ2n) is 4.23. The van der Waals surface area contributed by atoms with E-state index in [1.54, 1.807) is 23.9 Å². The predicted octanol–water partition coefficient (Wildman–Crippen LogP) is 3.56. The first-order valence-electron chi connectivity index (χ1n) is 6.36. The van der Waals surface area contributed by atoms with Crippen molar-refractivity contribution in [1.82, 2.24) is 4.13 Å². The molecule has 20 heavy (non-hydrogen) atoms. The van der Waals surface area contributed by atoms with Crippen molar-refractivity contribution in [2.24, 2.45) is 10.7 Å². The van der Waals surface area contributed by atoms with E-state index in [9.17, 15) is 0 Å². The molecule has 4 nitrogen and oxygen atoms in total. The molecule has 1 rings (SSSR count). The van der Waals surface area contributed by atoms with E-state index in [0.29, 0.717) is 6.54 Å². The van der Waals surface area contributed by atoms with Gasteiger partial charge in [-0.05, 0) is 69.1 Å². The molecule has 0 atom stereocenters. The lowest BCUT2D eigenvalue weighted by atomic mass is 10.2. The fourth-order valence-corrected chi connectivity index (χ4v) is 3.08. The normalized spacial score (nSPS) is 12.0. The summed E-state index contributed by atoms with van der Waals surface area (Å²) in [6.07, 6.45) is 0. The van der Waals surface area contributed by atoms with Gasteiger partial charge in [-0.25, -0.2) is 0 Å². The molecule has 0 saturated heterocycles. The summed E-state index contributed by atoms with van der Waals surface area (Å²) in [7, 11) is 0. The second kappa shape index (κ2) is 9.07. The maximum absolute atomic E-state index is 5.52. The van der Waals surface area contributed by atoms with Crippen LogP contribution >= 0.6 is 23.9 Å². The van der Waals surface area contributed by atoms with Gasteiger partial charge >= 0.3 is 0 Å². The highest BCUT2D eigenvalue weighted by molar-refractivity contribution is 8.14. The number of hydrogen-bond donors (Lipinski definition) is 3. The first-order chi connectivity index (χ1) is 9.60. The molecule has 0 saturated carbocycles. The van der Waals surface area contributed by atoms with Crippen LogP contribution in [-0.4, -0.2) is 19.8 Å². The van der Waals surface area contributed by atoms with Crippen LogP contribution in [0, 0.1) is 6.92 Å². The lowest BCUT2D eigenvalue weighted by Gasteiger charge is -2.12. The van der Waals surface area contributed by atoms with Gasteiger partial charge in [-0.3, -0.25) is 4.99 Å². The SMILES string of the molecule is C=N/C(C)=C(/C)SNSc1cccc(NCCN)c1C. The Labute approximate surface area is 130 Å². The lowest BCUT2D eigenvalue weighted by molar-refractivity contribution is 1.02. The van der Waals surface area contributed by atoms with Crippen LogP contribution in [-0.2, 0) is 0 Å². The minimum atomic E-state index is 0.628. The number of nitrogens with two attached hydrogens (primary N) is 1. The molecule has 6 heteroatoms. The molecule has 0 unspecified atom stereocenters. The first kappa shape index (κ1) is 17.1. The van der Waals surface area contributed by atoms with Gasteiger partial charge in [0.05, 0.1) is 0 Å². The Morgan fingerprint density at radius 2 is 2.15 bits per heavy atom. The van der Waals surface area contributed by atoms with Crippen LogP contribution < -0.4 is 15.2 Å². The van der Waals surface area contributed by atoms with Crippen molar-refractivity contribution in [2.45, 2.75) is 25.7 Å². The molecule has 0 aliphatic heterocycles. The van der Waals surface area contributed by atoms with Crippen molar-refractivity contribution in [3.63, 3.8) is 0 Å². The van der Waals surface area contributed by atoms with Crippen molar-refractivity contribution in [3.05, 3.63) is 34.4 Å². The number of allylic oxidation sites excluding steroid dienone is 2. The van der Waals surface area contributed by atoms with E-state index in [-0.39, 0.29) is 0 Å². The molecule has 0 bridgehead atoms. The lowest BCUT2D eigenvalue weighted by Crippen LogP contribution is -2.13. The minimum Gasteiger partial charge on any atom is -0.384 e. The van der Waals surface area contributed by atoms with E-state index in [1.807, 2.05) is 19.9 Å². The molecule has 0 aromatic heterocycles. The number of benzene rings is 1. The van der Waals surface area contributed by atoms with Crippen molar-refractivity contribution in [1.29, 1.82) is 0 Å². The Bertz CT molecular complexity index is 486. The van der Waals surface area contributed by atoms with Gasteiger partial charge in [0, 0.05) is 34.3 Å². The Kier molecular flexibility index (Phi) is 7.76. The standard InChI is InChI=1S/C14H22N4S2/c1-10-13(17-9-8-15)6-5-7-14(10)20-18-19-12(3)11(2)16-4/h5-7,17-18H,4,8-9,15H2,1-3H3/b12-11-. The smallest absolute Gasteiger partial charge is 0.0470 e. The minimum absolute atomic E-state index is 0.628. The van der Waals surface area contributed by atoms with E-state index in [4.69, 9.17) is 5.73 Å². The van der Waals surface area contributed by atoms with Crippen LogP contribution in [0.1, 0.15) is 19.4 Å². The number of nitrogens with zero attached hydrogens (tertiary/aromatic N) is 1. The largest absolute Gasteiger partial charge is 0.384 e. The molecule has 0 aliphatic rings. The van der Waals surface area contributed by atoms with E-state index < -0.39 is 0 Å².